The molecule has 1 unspecified atom stereocenters. The number of aromatic carboxylic acids is 3. The highest BCUT2D eigenvalue weighted by Gasteiger charge is 2.25. The Kier molecular flexibility index (Phi) is 7.71. The zero-order chi connectivity index (χ0) is 20.7. The molecular formula is C19H22O8. The summed E-state index contributed by atoms with van der Waals surface area (Å²) in [6.07, 6.45) is 0.784. The predicted molar refractivity (Wildman–Crippen MR) is 95.2 cm³/mol. The van der Waals surface area contributed by atoms with E-state index in [9.17, 15) is 34.5 Å². The number of carboxylic acids is 3. The van der Waals surface area contributed by atoms with E-state index in [1.165, 1.54) is 6.92 Å². The Morgan fingerprint density at radius 2 is 1.59 bits per heavy atom. The summed E-state index contributed by atoms with van der Waals surface area (Å²) < 4.78 is 5.25. The van der Waals surface area contributed by atoms with Crippen LogP contribution in [0.1, 0.15) is 69.7 Å². The zero-order valence-electron chi connectivity index (χ0n) is 15.2. The van der Waals surface area contributed by atoms with Gasteiger partial charge in [-0.1, -0.05) is 13.5 Å². The second-order valence-corrected chi connectivity index (χ2v) is 6.04. The molecule has 0 aromatic heterocycles. The van der Waals surface area contributed by atoms with Crippen molar-refractivity contribution >= 4 is 23.9 Å². The first kappa shape index (κ1) is 21.9. The fraction of sp³-hybridized carbons (Fsp3) is 0.368. The third-order valence-corrected chi connectivity index (χ3v) is 4.02. The molecule has 1 rings (SSSR count). The Labute approximate surface area is 156 Å². The standard InChI is InChI=1S/C19H22O8/c1-4-11(27-19(26)10(2)3)6-5-7-12-13(16(20)21)8-9-14(17(22)23)15(12)18(24)25/h8-9,11H,2,4-7H2,1,3H3,(H,20,21)(H,22,23)(H,24,25). The van der Waals surface area contributed by atoms with Crippen LogP contribution in [0, 0.1) is 0 Å². The van der Waals surface area contributed by atoms with Crippen molar-refractivity contribution in [1.29, 1.82) is 0 Å². The van der Waals surface area contributed by atoms with Gasteiger partial charge in [0.05, 0.1) is 16.7 Å². The van der Waals surface area contributed by atoms with Crippen molar-refractivity contribution in [2.75, 3.05) is 0 Å². The molecule has 0 saturated heterocycles. The number of carbonyl (C=O) groups is 4. The van der Waals surface area contributed by atoms with Crippen molar-refractivity contribution in [1.82, 2.24) is 0 Å². The molecule has 0 spiro atoms. The molecule has 8 heteroatoms. The Balaban J connectivity index is 3.10. The van der Waals surface area contributed by atoms with E-state index >= 15 is 0 Å². The van der Waals surface area contributed by atoms with Crippen molar-refractivity contribution < 1.29 is 39.2 Å². The van der Waals surface area contributed by atoms with Crippen LogP contribution < -0.4 is 0 Å². The molecule has 8 nitrogen and oxygen atoms in total. The summed E-state index contributed by atoms with van der Waals surface area (Å²) in [6.45, 7) is 6.83. The van der Waals surface area contributed by atoms with Crippen LogP contribution in [-0.4, -0.2) is 45.3 Å². The van der Waals surface area contributed by atoms with Gasteiger partial charge in [-0.25, -0.2) is 19.2 Å². The smallest absolute Gasteiger partial charge is 0.336 e. The van der Waals surface area contributed by atoms with E-state index in [4.69, 9.17) is 4.74 Å². The van der Waals surface area contributed by atoms with Gasteiger partial charge >= 0.3 is 23.9 Å². The summed E-state index contributed by atoms with van der Waals surface area (Å²) in [7, 11) is 0. The number of ether oxygens (including phenoxy) is 1. The average molecular weight is 378 g/mol. The molecule has 0 aliphatic rings. The van der Waals surface area contributed by atoms with Crippen LogP contribution in [-0.2, 0) is 16.0 Å². The molecule has 0 heterocycles. The fourth-order valence-electron chi connectivity index (χ4n) is 2.64. The normalized spacial score (nSPS) is 11.5. The SMILES string of the molecule is C=C(C)C(=O)OC(CC)CCCc1c(C(=O)O)ccc(C(=O)O)c1C(=O)O. The summed E-state index contributed by atoms with van der Waals surface area (Å²) in [4.78, 5) is 45.9. The maximum Gasteiger partial charge on any atom is 0.336 e. The third-order valence-electron chi connectivity index (χ3n) is 4.02. The van der Waals surface area contributed by atoms with Crippen LogP contribution in [0.2, 0.25) is 0 Å². The second kappa shape index (κ2) is 9.51. The Bertz CT molecular complexity index is 778. The number of hydrogen-bond acceptors (Lipinski definition) is 5. The number of esters is 1. The van der Waals surface area contributed by atoms with Gasteiger partial charge in [0.1, 0.15) is 6.10 Å². The van der Waals surface area contributed by atoms with Crippen molar-refractivity contribution in [2.45, 2.75) is 45.6 Å². The lowest BCUT2D eigenvalue weighted by Gasteiger charge is -2.17. The first-order chi connectivity index (χ1) is 12.6. The Morgan fingerprint density at radius 3 is 2.04 bits per heavy atom. The van der Waals surface area contributed by atoms with Gasteiger partial charge in [0.2, 0.25) is 0 Å². The highest BCUT2D eigenvalue weighted by molar-refractivity contribution is 6.05. The first-order valence-electron chi connectivity index (χ1n) is 8.32. The number of benzene rings is 1. The maximum atomic E-state index is 11.6. The number of carbonyl (C=O) groups excluding carboxylic acids is 1. The van der Waals surface area contributed by atoms with Crippen molar-refractivity contribution in [3.63, 3.8) is 0 Å². The van der Waals surface area contributed by atoms with E-state index in [0.717, 1.165) is 12.1 Å². The van der Waals surface area contributed by atoms with Crippen LogP contribution in [0.3, 0.4) is 0 Å². The topological polar surface area (TPSA) is 138 Å². The van der Waals surface area contributed by atoms with E-state index in [1.807, 2.05) is 6.92 Å². The zero-order valence-corrected chi connectivity index (χ0v) is 15.2. The van der Waals surface area contributed by atoms with Gasteiger partial charge < -0.3 is 20.1 Å². The van der Waals surface area contributed by atoms with Crippen molar-refractivity contribution in [3.8, 4) is 0 Å². The molecule has 0 saturated carbocycles. The summed E-state index contributed by atoms with van der Waals surface area (Å²) in [5.41, 5.74) is -1.07. The number of carboxylic acid groups (broad SMARTS) is 3. The summed E-state index contributed by atoms with van der Waals surface area (Å²) >= 11 is 0. The quantitative estimate of drug-likeness (QED) is 0.417. The highest BCUT2D eigenvalue weighted by atomic mass is 16.5. The van der Waals surface area contributed by atoms with Crippen molar-refractivity contribution in [2.24, 2.45) is 0 Å². The van der Waals surface area contributed by atoms with Gasteiger partial charge in [0, 0.05) is 5.57 Å². The first-order valence-corrected chi connectivity index (χ1v) is 8.32. The Morgan fingerprint density at radius 1 is 1.04 bits per heavy atom. The minimum Gasteiger partial charge on any atom is -0.478 e. The molecule has 0 aliphatic heterocycles. The molecule has 146 valence electrons. The summed E-state index contributed by atoms with van der Waals surface area (Å²) in [6, 6.07) is 2.06. The molecule has 0 fully saturated rings. The summed E-state index contributed by atoms with van der Waals surface area (Å²) in [5.74, 6) is -4.84. The molecule has 3 N–H and O–H groups in total. The van der Waals surface area contributed by atoms with Crippen LogP contribution >= 0.6 is 0 Å². The van der Waals surface area contributed by atoms with Gasteiger partial charge in [-0.2, -0.15) is 0 Å². The predicted octanol–water partition coefficient (Wildman–Crippen LogP) is 3.00. The fourth-order valence-corrected chi connectivity index (χ4v) is 2.64. The molecule has 1 aromatic carbocycles. The number of rotatable bonds is 10. The highest BCUT2D eigenvalue weighted by Crippen LogP contribution is 2.23. The molecule has 0 amide bonds. The lowest BCUT2D eigenvalue weighted by molar-refractivity contribution is -0.144. The van der Waals surface area contributed by atoms with Gasteiger partial charge in [-0.05, 0) is 50.3 Å². The molecule has 0 radical (unpaired) electrons. The van der Waals surface area contributed by atoms with Crippen LogP contribution in [0.25, 0.3) is 0 Å². The van der Waals surface area contributed by atoms with Gasteiger partial charge in [0.15, 0.2) is 0 Å². The van der Waals surface area contributed by atoms with E-state index in [-0.39, 0.29) is 23.1 Å². The van der Waals surface area contributed by atoms with E-state index in [2.05, 4.69) is 6.58 Å². The minimum atomic E-state index is -1.51. The van der Waals surface area contributed by atoms with Crippen LogP contribution in [0.15, 0.2) is 24.3 Å². The molecule has 27 heavy (non-hydrogen) atoms. The molecule has 1 atom stereocenters. The summed E-state index contributed by atoms with van der Waals surface area (Å²) in [5, 5.41) is 27.9. The van der Waals surface area contributed by atoms with Gasteiger partial charge in [0.25, 0.3) is 0 Å². The number of hydrogen-bond donors (Lipinski definition) is 3. The molecular weight excluding hydrogens is 356 g/mol. The molecule has 0 bridgehead atoms. The van der Waals surface area contributed by atoms with Crippen LogP contribution in [0.4, 0.5) is 0 Å². The average Bonchev–Trinajstić information content (AvgIpc) is 2.59. The monoisotopic (exact) mass is 378 g/mol. The van der Waals surface area contributed by atoms with Crippen LogP contribution in [0.5, 0.6) is 0 Å². The lowest BCUT2D eigenvalue weighted by atomic mass is 9.91. The second-order valence-electron chi connectivity index (χ2n) is 6.04. The van der Waals surface area contributed by atoms with E-state index in [0.29, 0.717) is 19.3 Å². The van der Waals surface area contributed by atoms with E-state index < -0.39 is 41.1 Å². The minimum absolute atomic E-state index is 0.0194. The van der Waals surface area contributed by atoms with Gasteiger partial charge in [-0.3, -0.25) is 0 Å². The lowest BCUT2D eigenvalue weighted by Crippen LogP contribution is -2.19. The molecule has 1 aromatic rings. The Hall–Kier alpha value is -3.16. The molecule has 0 aliphatic carbocycles. The van der Waals surface area contributed by atoms with Crippen molar-refractivity contribution in [3.05, 3.63) is 46.5 Å². The third kappa shape index (κ3) is 5.67. The van der Waals surface area contributed by atoms with E-state index in [1.54, 1.807) is 0 Å². The maximum absolute atomic E-state index is 11.6. The van der Waals surface area contributed by atoms with Gasteiger partial charge in [-0.15, -0.1) is 0 Å². The largest absolute Gasteiger partial charge is 0.478 e.